The molecule has 0 saturated heterocycles. The van der Waals surface area contributed by atoms with E-state index in [0.29, 0.717) is 10.5 Å². The topological polar surface area (TPSA) is 49.8 Å². The fourth-order valence-electron chi connectivity index (χ4n) is 1.61. The van der Waals surface area contributed by atoms with E-state index in [9.17, 15) is 0 Å². The molecular formula is C9H10N2OS. The van der Waals surface area contributed by atoms with Crippen molar-refractivity contribution in [1.82, 2.24) is 4.98 Å². The van der Waals surface area contributed by atoms with Crippen molar-refractivity contribution in [3.8, 4) is 6.07 Å². The van der Waals surface area contributed by atoms with Crippen LogP contribution in [-0.4, -0.2) is 10.2 Å². The van der Waals surface area contributed by atoms with Crippen LogP contribution in [-0.2, 0) is 0 Å². The Labute approximate surface area is 81.1 Å². The number of oxazole rings is 1. The maximum atomic E-state index is 8.85. The molecule has 0 spiro atoms. The van der Waals surface area contributed by atoms with E-state index < -0.39 is 0 Å². The molecule has 1 aromatic rings. The van der Waals surface area contributed by atoms with E-state index >= 15 is 0 Å². The SMILES string of the molecule is N#CC1CCCC1Sc1ncco1. The maximum absolute atomic E-state index is 8.85. The van der Waals surface area contributed by atoms with Gasteiger partial charge in [-0.05, 0) is 12.8 Å². The van der Waals surface area contributed by atoms with E-state index in [1.54, 1.807) is 24.2 Å². The monoisotopic (exact) mass is 194 g/mol. The lowest BCUT2D eigenvalue weighted by Crippen LogP contribution is -2.07. The van der Waals surface area contributed by atoms with Gasteiger partial charge >= 0.3 is 0 Å². The Bertz CT molecular complexity index is 304. The molecule has 1 fully saturated rings. The fourth-order valence-corrected chi connectivity index (χ4v) is 2.75. The van der Waals surface area contributed by atoms with Crippen LogP contribution in [0.15, 0.2) is 22.1 Å². The van der Waals surface area contributed by atoms with E-state index in [-0.39, 0.29) is 5.92 Å². The molecule has 3 nitrogen and oxygen atoms in total. The minimum Gasteiger partial charge on any atom is -0.440 e. The van der Waals surface area contributed by atoms with Crippen LogP contribution in [0.4, 0.5) is 0 Å². The summed E-state index contributed by atoms with van der Waals surface area (Å²) in [5.74, 6) is 0.178. The Balaban J connectivity index is 1.99. The second-order valence-corrected chi connectivity index (χ2v) is 4.31. The Morgan fingerprint density at radius 3 is 3.23 bits per heavy atom. The van der Waals surface area contributed by atoms with Crippen LogP contribution in [0.25, 0.3) is 0 Å². The summed E-state index contributed by atoms with van der Waals surface area (Å²) in [5, 5.41) is 9.92. The molecule has 2 unspecified atom stereocenters. The molecule has 1 aliphatic rings. The lowest BCUT2D eigenvalue weighted by atomic mass is 10.1. The highest BCUT2D eigenvalue weighted by Gasteiger charge is 2.29. The molecular weight excluding hydrogens is 184 g/mol. The van der Waals surface area contributed by atoms with Gasteiger partial charge in [-0.3, -0.25) is 0 Å². The Morgan fingerprint density at radius 2 is 2.54 bits per heavy atom. The fraction of sp³-hybridized carbons (Fsp3) is 0.556. The summed E-state index contributed by atoms with van der Waals surface area (Å²) in [4.78, 5) is 4.04. The second kappa shape index (κ2) is 3.84. The third kappa shape index (κ3) is 1.86. The Hall–Kier alpha value is -0.950. The van der Waals surface area contributed by atoms with Crippen LogP contribution in [0.1, 0.15) is 19.3 Å². The molecule has 1 aliphatic carbocycles. The number of nitriles is 1. The molecule has 68 valence electrons. The first-order chi connectivity index (χ1) is 6.40. The molecule has 0 radical (unpaired) electrons. The first kappa shape index (κ1) is 8.64. The number of hydrogen-bond acceptors (Lipinski definition) is 4. The molecule has 2 rings (SSSR count). The van der Waals surface area contributed by atoms with Crippen molar-refractivity contribution in [3.63, 3.8) is 0 Å². The van der Waals surface area contributed by atoms with E-state index in [1.807, 2.05) is 0 Å². The van der Waals surface area contributed by atoms with Crippen LogP contribution in [0, 0.1) is 17.2 Å². The van der Waals surface area contributed by atoms with Crippen LogP contribution in [0.2, 0.25) is 0 Å². The largest absolute Gasteiger partial charge is 0.440 e. The summed E-state index contributed by atoms with van der Waals surface area (Å²) < 4.78 is 5.13. The van der Waals surface area contributed by atoms with Crippen LogP contribution >= 0.6 is 11.8 Å². The zero-order chi connectivity index (χ0) is 9.10. The molecule has 13 heavy (non-hydrogen) atoms. The first-order valence-corrected chi connectivity index (χ1v) is 5.24. The van der Waals surface area contributed by atoms with Crippen molar-refractivity contribution in [1.29, 1.82) is 5.26 Å². The van der Waals surface area contributed by atoms with Gasteiger partial charge < -0.3 is 4.42 Å². The van der Waals surface area contributed by atoms with Gasteiger partial charge in [0.25, 0.3) is 5.22 Å². The number of nitrogens with zero attached hydrogens (tertiary/aromatic N) is 2. The summed E-state index contributed by atoms with van der Waals surface area (Å²) in [6.07, 6.45) is 6.48. The molecule has 1 aromatic heterocycles. The van der Waals surface area contributed by atoms with Gasteiger partial charge in [0.15, 0.2) is 0 Å². The van der Waals surface area contributed by atoms with Gasteiger partial charge in [-0.1, -0.05) is 18.2 Å². The highest BCUT2D eigenvalue weighted by atomic mass is 32.2. The molecule has 1 saturated carbocycles. The van der Waals surface area contributed by atoms with Gasteiger partial charge in [-0.2, -0.15) is 5.26 Å². The zero-order valence-electron chi connectivity index (χ0n) is 7.14. The van der Waals surface area contributed by atoms with Crippen LogP contribution < -0.4 is 0 Å². The van der Waals surface area contributed by atoms with E-state index in [1.165, 1.54) is 0 Å². The summed E-state index contributed by atoms with van der Waals surface area (Å²) in [7, 11) is 0. The van der Waals surface area contributed by atoms with Gasteiger partial charge in [0.05, 0.1) is 18.2 Å². The summed E-state index contributed by atoms with van der Waals surface area (Å²) >= 11 is 1.59. The van der Waals surface area contributed by atoms with Crippen LogP contribution in [0.5, 0.6) is 0 Å². The lowest BCUT2D eigenvalue weighted by molar-refractivity contribution is 0.452. The third-order valence-electron chi connectivity index (χ3n) is 2.28. The molecule has 2 atom stereocenters. The molecule has 0 N–H and O–H groups in total. The first-order valence-electron chi connectivity index (χ1n) is 4.36. The molecule has 0 aliphatic heterocycles. The average molecular weight is 194 g/mol. The lowest BCUT2D eigenvalue weighted by Gasteiger charge is -2.08. The molecule has 0 bridgehead atoms. The number of aromatic nitrogens is 1. The van der Waals surface area contributed by atoms with Gasteiger partial charge in [0, 0.05) is 5.25 Å². The van der Waals surface area contributed by atoms with Crippen molar-refractivity contribution in [2.75, 3.05) is 0 Å². The third-order valence-corrected chi connectivity index (χ3v) is 3.55. The molecule has 1 heterocycles. The Morgan fingerprint density at radius 1 is 1.62 bits per heavy atom. The van der Waals surface area contributed by atoms with Crippen molar-refractivity contribution >= 4 is 11.8 Å². The highest BCUT2D eigenvalue weighted by Crippen LogP contribution is 2.37. The summed E-state index contributed by atoms with van der Waals surface area (Å²) in [5.41, 5.74) is 0. The van der Waals surface area contributed by atoms with Crippen molar-refractivity contribution in [3.05, 3.63) is 12.5 Å². The zero-order valence-corrected chi connectivity index (χ0v) is 7.96. The predicted octanol–water partition coefficient (Wildman–Crippen LogP) is 2.46. The minimum atomic E-state index is 0.178. The van der Waals surface area contributed by atoms with Gasteiger partial charge in [0.2, 0.25) is 0 Å². The summed E-state index contributed by atoms with van der Waals surface area (Å²) in [6, 6.07) is 2.34. The number of thioether (sulfide) groups is 1. The maximum Gasteiger partial charge on any atom is 0.255 e. The second-order valence-electron chi connectivity index (χ2n) is 3.12. The van der Waals surface area contributed by atoms with Crippen LogP contribution in [0.3, 0.4) is 0 Å². The standard InChI is InChI=1S/C9H10N2OS/c10-6-7-2-1-3-8(7)13-9-11-4-5-12-9/h4-5,7-8H,1-3H2. The van der Waals surface area contributed by atoms with Gasteiger partial charge in [-0.15, -0.1) is 0 Å². The van der Waals surface area contributed by atoms with Crippen molar-refractivity contribution in [2.45, 2.75) is 29.7 Å². The van der Waals surface area contributed by atoms with Crippen molar-refractivity contribution in [2.24, 2.45) is 5.92 Å². The van der Waals surface area contributed by atoms with Gasteiger partial charge in [0.1, 0.15) is 6.26 Å². The Kier molecular flexibility index (Phi) is 2.55. The normalized spacial score (nSPS) is 27.3. The minimum absolute atomic E-state index is 0.178. The van der Waals surface area contributed by atoms with E-state index in [0.717, 1.165) is 19.3 Å². The number of rotatable bonds is 2. The van der Waals surface area contributed by atoms with Crippen molar-refractivity contribution < 1.29 is 4.42 Å². The smallest absolute Gasteiger partial charge is 0.255 e. The quantitative estimate of drug-likeness (QED) is 0.725. The summed E-state index contributed by atoms with van der Waals surface area (Å²) in [6.45, 7) is 0. The van der Waals surface area contributed by atoms with E-state index in [4.69, 9.17) is 9.68 Å². The molecule has 0 aromatic carbocycles. The molecule has 4 heteroatoms. The molecule has 0 amide bonds. The number of hydrogen-bond donors (Lipinski definition) is 0. The highest BCUT2D eigenvalue weighted by molar-refractivity contribution is 7.99. The van der Waals surface area contributed by atoms with Gasteiger partial charge in [-0.25, -0.2) is 4.98 Å². The predicted molar refractivity (Wildman–Crippen MR) is 49.1 cm³/mol. The average Bonchev–Trinajstić information content (AvgIpc) is 2.76. The van der Waals surface area contributed by atoms with E-state index in [2.05, 4.69) is 11.1 Å².